The SMILES string of the molecule is CNc1ccc([N+](=O)[O-])c(-c2cccc3ccsc23)n1. The Labute approximate surface area is 119 Å². The van der Waals surface area contributed by atoms with Crippen LogP contribution in [0.15, 0.2) is 41.8 Å². The Hall–Kier alpha value is -2.47. The fourth-order valence-corrected chi connectivity index (χ4v) is 3.03. The predicted octanol–water partition coefficient (Wildman–Crippen LogP) is 3.91. The lowest BCUT2D eigenvalue weighted by atomic mass is 10.1. The van der Waals surface area contributed by atoms with Crippen LogP contribution in [0.4, 0.5) is 11.5 Å². The van der Waals surface area contributed by atoms with Crippen LogP contribution in [0.3, 0.4) is 0 Å². The Morgan fingerprint density at radius 2 is 2.10 bits per heavy atom. The van der Waals surface area contributed by atoms with Gasteiger partial charge in [-0.3, -0.25) is 10.1 Å². The minimum atomic E-state index is -0.395. The Kier molecular flexibility index (Phi) is 3.08. The number of nitrogens with zero attached hydrogens (tertiary/aromatic N) is 2. The van der Waals surface area contributed by atoms with Crippen molar-refractivity contribution >= 4 is 32.9 Å². The van der Waals surface area contributed by atoms with E-state index in [1.807, 2.05) is 29.6 Å². The molecule has 0 aliphatic rings. The highest BCUT2D eigenvalue weighted by atomic mass is 32.1. The van der Waals surface area contributed by atoms with Crippen LogP contribution in [-0.4, -0.2) is 17.0 Å². The molecule has 5 nitrogen and oxygen atoms in total. The van der Waals surface area contributed by atoms with Gasteiger partial charge in [0.2, 0.25) is 0 Å². The minimum Gasteiger partial charge on any atom is -0.373 e. The van der Waals surface area contributed by atoms with Gasteiger partial charge in [0.15, 0.2) is 5.69 Å². The number of fused-ring (bicyclic) bond motifs is 1. The zero-order valence-electron chi connectivity index (χ0n) is 10.7. The topological polar surface area (TPSA) is 68.1 Å². The van der Waals surface area contributed by atoms with E-state index in [4.69, 9.17) is 0 Å². The van der Waals surface area contributed by atoms with Gasteiger partial charge < -0.3 is 5.32 Å². The van der Waals surface area contributed by atoms with Crippen LogP contribution in [0, 0.1) is 10.1 Å². The summed E-state index contributed by atoms with van der Waals surface area (Å²) >= 11 is 1.56. The fourth-order valence-electron chi connectivity index (χ4n) is 2.12. The van der Waals surface area contributed by atoms with Gasteiger partial charge in [0, 0.05) is 23.4 Å². The first-order chi connectivity index (χ1) is 9.70. The Bertz CT molecular complexity index is 798. The molecule has 0 radical (unpaired) electrons. The summed E-state index contributed by atoms with van der Waals surface area (Å²) in [6, 6.07) is 10.8. The molecule has 0 amide bonds. The van der Waals surface area contributed by atoms with Gasteiger partial charge in [-0.1, -0.05) is 18.2 Å². The molecule has 100 valence electrons. The van der Waals surface area contributed by atoms with Gasteiger partial charge in [0.1, 0.15) is 5.82 Å². The van der Waals surface area contributed by atoms with E-state index in [0.717, 1.165) is 15.6 Å². The summed E-state index contributed by atoms with van der Waals surface area (Å²) in [4.78, 5) is 15.2. The largest absolute Gasteiger partial charge is 0.373 e. The van der Waals surface area contributed by atoms with E-state index in [9.17, 15) is 10.1 Å². The summed E-state index contributed by atoms with van der Waals surface area (Å²) in [5.74, 6) is 0.610. The van der Waals surface area contributed by atoms with Crippen molar-refractivity contribution in [1.82, 2.24) is 4.98 Å². The van der Waals surface area contributed by atoms with Gasteiger partial charge in [0.25, 0.3) is 5.69 Å². The average Bonchev–Trinajstić information content (AvgIpc) is 2.94. The lowest BCUT2D eigenvalue weighted by molar-refractivity contribution is -0.384. The highest BCUT2D eigenvalue weighted by Gasteiger charge is 2.19. The second-order valence-corrected chi connectivity index (χ2v) is 5.13. The molecule has 1 aromatic carbocycles. The van der Waals surface area contributed by atoms with Gasteiger partial charge >= 0.3 is 0 Å². The van der Waals surface area contributed by atoms with Gasteiger partial charge in [-0.2, -0.15) is 0 Å². The third-order valence-electron chi connectivity index (χ3n) is 3.06. The van der Waals surface area contributed by atoms with Crippen molar-refractivity contribution in [3.63, 3.8) is 0 Å². The summed E-state index contributed by atoms with van der Waals surface area (Å²) in [6.45, 7) is 0. The molecule has 0 aliphatic heterocycles. The molecule has 0 fully saturated rings. The Balaban J connectivity index is 2.32. The second kappa shape index (κ2) is 4.90. The van der Waals surface area contributed by atoms with Crippen molar-refractivity contribution in [1.29, 1.82) is 0 Å². The van der Waals surface area contributed by atoms with E-state index in [1.165, 1.54) is 6.07 Å². The molecule has 0 spiro atoms. The first-order valence-corrected chi connectivity index (χ1v) is 6.88. The van der Waals surface area contributed by atoms with E-state index >= 15 is 0 Å². The third-order valence-corrected chi connectivity index (χ3v) is 4.02. The van der Waals surface area contributed by atoms with Crippen LogP contribution in [0.2, 0.25) is 0 Å². The minimum absolute atomic E-state index is 0.0184. The monoisotopic (exact) mass is 285 g/mol. The van der Waals surface area contributed by atoms with E-state index in [2.05, 4.69) is 10.3 Å². The summed E-state index contributed by atoms with van der Waals surface area (Å²) in [5, 5.41) is 17.2. The van der Waals surface area contributed by atoms with E-state index in [1.54, 1.807) is 24.5 Å². The second-order valence-electron chi connectivity index (χ2n) is 4.22. The van der Waals surface area contributed by atoms with Gasteiger partial charge in [-0.15, -0.1) is 11.3 Å². The molecule has 3 aromatic rings. The number of aromatic nitrogens is 1. The zero-order valence-corrected chi connectivity index (χ0v) is 11.5. The molecule has 0 atom stereocenters. The number of thiophene rings is 1. The summed E-state index contributed by atoms with van der Waals surface area (Å²) in [7, 11) is 1.74. The summed E-state index contributed by atoms with van der Waals surface area (Å²) < 4.78 is 1.01. The molecule has 0 aliphatic carbocycles. The highest BCUT2D eigenvalue weighted by molar-refractivity contribution is 7.17. The number of anilines is 1. The van der Waals surface area contributed by atoms with Gasteiger partial charge in [-0.05, 0) is 22.9 Å². The first kappa shape index (κ1) is 12.6. The van der Waals surface area contributed by atoms with E-state index < -0.39 is 4.92 Å². The van der Waals surface area contributed by atoms with Crippen LogP contribution in [0.5, 0.6) is 0 Å². The maximum atomic E-state index is 11.2. The average molecular weight is 285 g/mol. The fraction of sp³-hybridized carbons (Fsp3) is 0.0714. The van der Waals surface area contributed by atoms with Crippen molar-refractivity contribution in [3.8, 4) is 11.3 Å². The van der Waals surface area contributed by atoms with Crippen LogP contribution >= 0.6 is 11.3 Å². The number of hydrogen-bond donors (Lipinski definition) is 1. The Morgan fingerprint density at radius 1 is 1.25 bits per heavy atom. The number of pyridine rings is 1. The number of rotatable bonds is 3. The molecule has 6 heteroatoms. The van der Waals surface area contributed by atoms with Crippen LogP contribution < -0.4 is 5.32 Å². The number of nitrogens with one attached hydrogen (secondary N) is 1. The Morgan fingerprint density at radius 3 is 2.85 bits per heavy atom. The standard InChI is InChI=1S/C14H11N3O2S/c1-15-12-6-5-11(17(18)19)13(16-12)10-4-2-3-9-7-8-20-14(9)10/h2-8H,1H3,(H,15,16). The number of nitro groups is 1. The molecule has 0 unspecified atom stereocenters. The molecule has 0 saturated carbocycles. The molecule has 2 heterocycles. The van der Waals surface area contributed by atoms with Crippen LogP contribution in [0.25, 0.3) is 21.3 Å². The normalized spacial score (nSPS) is 10.7. The van der Waals surface area contributed by atoms with Crippen molar-refractivity contribution in [2.75, 3.05) is 12.4 Å². The number of hydrogen-bond acceptors (Lipinski definition) is 5. The van der Waals surface area contributed by atoms with Gasteiger partial charge in [0.05, 0.1) is 4.92 Å². The molecule has 1 N–H and O–H groups in total. The van der Waals surface area contributed by atoms with Crippen LogP contribution in [-0.2, 0) is 0 Å². The molecule has 3 rings (SSSR count). The lowest BCUT2D eigenvalue weighted by Crippen LogP contribution is -1.98. The van der Waals surface area contributed by atoms with E-state index in [0.29, 0.717) is 11.5 Å². The maximum absolute atomic E-state index is 11.2. The van der Waals surface area contributed by atoms with Crippen molar-refractivity contribution in [2.45, 2.75) is 0 Å². The maximum Gasteiger partial charge on any atom is 0.295 e. The van der Waals surface area contributed by atoms with Crippen LogP contribution in [0.1, 0.15) is 0 Å². The lowest BCUT2D eigenvalue weighted by Gasteiger charge is -2.06. The van der Waals surface area contributed by atoms with Gasteiger partial charge in [-0.25, -0.2) is 4.98 Å². The summed E-state index contributed by atoms with van der Waals surface area (Å²) in [5.41, 5.74) is 1.21. The molecule has 0 saturated heterocycles. The summed E-state index contributed by atoms with van der Waals surface area (Å²) in [6.07, 6.45) is 0. The molecule has 20 heavy (non-hydrogen) atoms. The molecular weight excluding hydrogens is 274 g/mol. The van der Waals surface area contributed by atoms with Crippen molar-refractivity contribution in [2.24, 2.45) is 0 Å². The van der Waals surface area contributed by atoms with Crippen molar-refractivity contribution < 1.29 is 4.92 Å². The third kappa shape index (κ3) is 2.00. The zero-order chi connectivity index (χ0) is 14.1. The van der Waals surface area contributed by atoms with E-state index in [-0.39, 0.29) is 5.69 Å². The van der Waals surface area contributed by atoms with Crippen molar-refractivity contribution in [3.05, 3.63) is 51.9 Å². The first-order valence-electron chi connectivity index (χ1n) is 6.00. The predicted molar refractivity (Wildman–Crippen MR) is 81.3 cm³/mol. The quantitative estimate of drug-likeness (QED) is 0.585. The number of benzene rings is 1. The molecule has 2 aromatic heterocycles. The molecule has 0 bridgehead atoms. The smallest absolute Gasteiger partial charge is 0.295 e. The highest BCUT2D eigenvalue weighted by Crippen LogP contribution is 2.36. The molecular formula is C14H11N3O2S.